The van der Waals surface area contributed by atoms with Crippen molar-refractivity contribution in [3.05, 3.63) is 29.1 Å². The van der Waals surface area contributed by atoms with Gasteiger partial charge in [-0.1, -0.05) is 0 Å². The lowest BCUT2D eigenvalue weighted by Gasteiger charge is -2.06. The van der Waals surface area contributed by atoms with E-state index < -0.39 is 11.7 Å². The van der Waals surface area contributed by atoms with Gasteiger partial charge >= 0.3 is 0 Å². The van der Waals surface area contributed by atoms with Gasteiger partial charge in [0.1, 0.15) is 5.82 Å². The molecule has 4 heteroatoms. The lowest BCUT2D eigenvalue weighted by Crippen LogP contribution is -2.20. The first kappa shape index (κ1) is 9.51. The summed E-state index contributed by atoms with van der Waals surface area (Å²) >= 11 is 0. The molecular weight excluding hydrogens is 171 g/mol. The fraction of sp³-hybridized carbons (Fsp3) is 0.222. The Hall–Kier alpha value is -1.58. The molecule has 0 radical (unpaired) electrons. The molecule has 3 nitrogen and oxygen atoms in total. The van der Waals surface area contributed by atoms with Crippen molar-refractivity contribution in [2.75, 3.05) is 12.8 Å². The first-order valence-electron chi connectivity index (χ1n) is 3.84. The van der Waals surface area contributed by atoms with E-state index in [-0.39, 0.29) is 5.56 Å². The van der Waals surface area contributed by atoms with Crippen LogP contribution < -0.4 is 11.1 Å². The molecule has 0 unspecified atom stereocenters. The Bertz CT molecular complexity index is 326. The number of hydrogen-bond donors (Lipinski definition) is 2. The number of anilines is 1. The molecule has 0 saturated carbocycles. The SMILES string of the molecule is CNC(=O)c1c(C)cc(N)cc1F. The van der Waals surface area contributed by atoms with E-state index in [2.05, 4.69) is 5.32 Å². The Morgan fingerprint density at radius 1 is 1.54 bits per heavy atom. The Morgan fingerprint density at radius 2 is 2.15 bits per heavy atom. The fourth-order valence-corrected chi connectivity index (χ4v) is 1.18. The second-order valence-corrected chi connectivity index (χ2v) is 2.77. The van der Waals surface area contributed by atoms with Gasteiger partial charge < -0.3 is 11.1 Å². The minimum absolute atomic E-state index is 0.0525. The molecule has 0 fully saturated rings. The molecule has 1 aromatic rings. The van der Waals surface area contributed by atoms with E-state index in [9.17, 15) is 9.18 Å². The van der Waals surface area contributed by atoms with Crippen LogP contribution in [0.4, 0.5) is 10.1 Å². The summed E-state index contributed by atoms with van der Waals surface area (Å²) in [5.74, 6) is -1.02. The van der Waals surface area contributed by atoms with Gasteiger partial charge in [0.25, 0.3) is 5.91 Å². The van der Waals surface area contributed by atoms with Crippen LogP contribution in [0.1, 0.15) is 15.9 Å². The van der Waals surface area contributed by atoms with Crippen molar-refractivity contribution in [2.24, 2.45) is 0 Å². The number of halogens is 1. The standard InChI is InChI=1S/C9H11FN2O/c1-5-3-6(11)4-7(10)8(5)9(13)12-2/h3-4H,11H2,1-2H3,(H,12,13). The highest BCUT2D eigenvalue weighted by molar-refractivity contribution is 5.96. The van der Waals surface area contributed by atoms with Crippen LogP contribution in [-0.2, 0) is 0 Å². The number of aryl methyl sites for hydroxylation is 1. The van der Waals surface area contributed by atoms with Gasteiger partial charge in [-0.05, 0) is 24.6 Å². The topological polar surface area (TPSA) is 55.1 Å². The molecule has 0 spiro atoms. The maximum atomic E-state index is 13.2. The second kappa shape index (κ2) is 3.43. The maximum absolute atomic E-state index is 13.2. The number of nitrogens with one attached hydrogen (secondary N) is 1. The Balaban J connectivity index is 3.28. The summed E-state index contributed by atoms with van der Waals surface area (Å²) in [7, 11) is 1.46. The number of nitrogens with two attached hydrogens (primary N) is 1. The van der Waals surface area contributed by atoms with Crippen molar-refractivity contribution in [1.82, 2.24) is 5.32 Å². The largest absolute Gasteiger partial charge is 0.399 e. The van der Waals surface area contributed by atoms with Gasteiger partial charge in [0.05, 0.1) is 5.56 Å². The van der Waals surface area contributed by atoms with Crippen LogP contribution in [0.15, 0.2) is 12.1 Å². The average Bonchev–Trinajstić information content (AvgIpc) is 2.02. The number of nitrogen functional groups attached to an aromatic ring is 1. The summed E-state index contributed by atoms with van der Waals surface area (Å²) in [6.07, 6.45) is 0. The zero-order valence-electron chi connectivity index (χ0n) is 7.52. The number of rotatable bonds is 1. The van der Waals surface area contributed by atoms with E-state index >= 15 is 0 Å². The quantitative estimate of drug-likeness (QED) is 0.638. The minimum atomic E-state index is -0.586. The lowest BCUT2D eigenvalue weighted by molar-refractivity contribution is 0.0958. The van der Waals surface area contributed by atoms with E-state index in [1.165, 1.54) is 7.05 Å². The second-order valence-electron chi connectivity index (χ2n) is 2.77. The third-order valence-corrected chi connectivity index (χ3v) is 1.76. The Labute approximate surface area is 75.7 Å². The fourth-order valence-electron chi connectivity index (χ4n) is 1.18. The van der Waals surface area contributed by atoms with E-state index in [1.807, 2.05) is 0 Å². The van der Waals surface area contributed by atoms with Crippen LogP contribution in [0, 0.1) is 12.7 Å². The predicted molar refractivity (Wildman–Crippen MR) is 48.9 cm³/mol. The number of carbonyl (C=O) groups is 1. The molecule has 13 heavy (non-hydrogen) atoms. The number of benzene rings is 1. The van der Waals surface area contributed by atoms with Crippen LogP contribution in [0.25, 0.3) is 0 Å². The maximum Gasteiger partial charge on any atom is 0.254 e. The molecule has 0 aliphatic carbocycles. The van der Waals surface area contributed by atoms with E-state index in [0.717, 1.165) is 6.07 Å². The highest BCUT2D eigenvalue weighted by atomic mass is 19.1. The number of carbonyl (C=O) groups excluding carboxylic acids is 1. The van der Waals surface area contributed by atoms with Gasteiger partial charge in [0, 0.05) is 12.7 Å². The number of hydrogen-bond acceptors (Lipinski definition) is 2. The normalized spacial score (nSPS) is 9.77. The van der Waals surface area contributed by atoms with Gasteiger partial charge in [-0.2, -0.15) is 0 Å². The molecule has 0 aliphatic rings. The molecule has 70 valence electrons. The summed E-state index contributed by atoms with van der Waals surface area (Å²) in [6.45, 7) is 1.64. The van der Waals surface area contributed by atoms with Crippen LogP contribution in [0.2, 0.25) is 0 Å². The molecule has 0 heterocycles. The molecule has 3 N–H and O–H groups in total. The molecule has 0 bridgehead atoms. The summed E-state index contributed by atoms with van der Waals surface area (Å²) in [6, 6.07) is 2.70. The van der Waals surface area contributed by atoms with Crippen LogP contribution in [0.5, 0.6) is 0 Å². The summed E-state index contributed by atoms with van der Waals surface area (Å²) < 4.78 is 13.2. The zero-order chi connectivity index (χ0) is 10.0. The summed E-state index contributed by atoms with van der Waals surface area (Å²) in [5, 5.41) is 2.36. The van der Waals surface area contributed by atoms with E-state index in [0.29, 0.717) is 11.3 Å². The Kier molecular flexibility index (Phi) is 2.51. The van der Waals surface area contributed by atoms with Crippen molar-refractivity contribution in [2.45, 2.75) is 6.92 Å². The van der Waals surface area contributed by atoms with E-state index in [4.69, 9.17) is 5.73 Å². The van der Waals surface area contributed by atoms with Crippen LogP contribution in [-0.4, -0.2) is 13.0 Å². The van der Waals surface area contributed by atoms with Crippen molar-refractivity contribution in [3.63, 3.8) is 0 Å². The van der Waals surface area contributed by atoms with Crippen LogP contribution >= 0.6 is 0 Å². The highest BCUT2D eigenvalue weighted by Gasteiger charge is 2.13. The van der Waals surface area contributed by atoms with E-state index in [1.54, 1.807) is 13.0 Å². The third-order valence-electron chi connectivity index (χ3n) is 1.76. The van der Waals surface area contributed by atoms with Gasteiger partial charge in [-0.3, -0.25) is 4.79 Å². The van der Waals surface area contributed by atoms with Crippen molar-refractivity contribution < 1.29 is 9.18 Å². The van der Waals surface area contributed by atoms with Gasteiger partial charge in [0.2, 0.25) is 0 Å². The van der Waals surface area contributed by atoms with Crippen molar-refractivity contribution >= 4 is 11.6 Å². The highest BCUT2D eigenvalue weighted by Crippen LogP contribution is 2.16. The molecule has 0 atom stereocenters. The molecule has 1 aromatic carbocycles. The molecule has 0 aliphatic heterocycles. The third kappa shape index (κ3) is 1.77. The zero-order valence-corrected chi connectivity index (χ0v) is 7.52. The Morgan fingerprint density at radius 3 is 2.62 bits per heavy atom. The predicted octanol–water partition coefficient (Wildman–Crippen LogP) is 1.08. The van der Waals surface area contributed by atoms with Gasteiger partial charge in [0.15, 0.2) is 0 Å². The summed E-state index contributed by atoms with van der Waals surface area (Å²) in [4.78, 5) is 11.2. The van der Waals surface area contributed by atoms with Gasteiger partial charge in [-0.15, -0.1) is 0 Å². The average molecular weight is 182 g/mol. The van der Waals surface area contributed by atoms with Crippen LogP contribution in [0.3, 0.4) is 0 Å². The van der Waals surface area contributed by atoms with Gasteiger partial charge in [-0.25, -0.2) is 4.39 Å². The summed E-state index contributed by atoms with van der Waals surface area (Å²) in [5.41, 5.74) is 6.31. The minimum Gasteiger partial charge on any atom is -0.399 e. The molecular formula is C9H11FN2O. The molecule has 0 saturated heterocycles. The van der Waals surface area contributed by atoms with Crippen molar-refractivity contribution in [1.29, 1.82) is 0 Å². The monoisotopic (exact) mass is 182 g/mol. The molecule has 0 aromatic heterocycles. The first-order chi connectivity index (χ1) is 6.06. The molecule has 1 rings (SSSR count). The lowest BCUT2D eigenvalue weighted by atomic mass is 10.1. The number of amides is 1. The first-order valence-corrected chi connectivity index (χ1v) is 3.84. The van der Waals surface area contributed by atoms with Crippen molar-refractivity contribution in [3.8, 4) is 0 Å². The molecule has 1 amide bonds. The smallest absolute Gasteiger partial charge is 0.254 e.